The van der Waals surface area contributed by atoms with Gasteiger partial charge in [0.05, 0.1) is 18.7 Å². The highest BCUT2D eigenvalue weighted by Crippen LogP contribution is 2.31. The topological polar surface area (TPSA) is 50.4 Å². The first kappa shape index (κ1) is 13.9. The average molecular weight is 262 g/mol. The Kier molecular flexibility index (Phi) is 3.80. The van der Waals surface area contributed by atoms with Crippen molar-refractivity contribution in [2.24, 2.45) is 5.92 Å². The van der Waals surface area contributed by atoms with E-state index in [9.17, 15) is 4.79 Å². The number of anilines is 1. The molecule has 0 unspecified atom stereocenters. The molecule has 0 atom stereocenters. The molecule has 0 aromatic heterocycles. The minimum Gasteiger partial charge on any atom is -0.495 e. The summed E-state index contributed by atoms with van der Waals surface area (Å²) in [7, 11) is 1.62. The van der Waals surface area contributed by atoms with Crippen LogP contribution in [0.5, 0.6) is 5.75 Å². The molecule has 0 saturated carbocycles. The fraction of sp³-hybridized carbons (Fsp3) is 0.533. The van der Waals surface area contributed by atoms with Gasteiger partial charge in [0.1, 0.15) is 5.75 Å². The quantitative estimate of drug-likeness (QED) is 0.877. The van der Waals surface area contributed by atoms with E-state index in [0.717, 1.165) is 18.8 Å². The van der Waals surface area contributed by atoms with Crippen LogP contribution in [0.4, 0.5) is 5.69 Å². The predicted octanol–water partition coefficient (Wildman–Crippen LogP) is 2.15. The van der Waals surface area contributed by atoms with Crippen molar-refractivity contribution in [2.45, 2.75) is 26.2 Å². The van der Waals surface area contributed by atoms with Crippen LogP contribution < -0.4 is 15.4 Å². The molecule has 1 fully saturated rings. The molecular weight excluding hydrogens is 240 g/mol. The third-order valence-corrected chi connectivity index (χ3v) is 3.48. The number of rotatable bonds is 3. The van der Waals surface area contributed by atoms with Gasteiger partial charge in [0, 0.05) is 13.1 Å². The van der Waals surface area contributed by atoms with E-state index in [2.05, 4.69) is 31.4 Å². The number of hydrogen-bond acceptors (Lipinski definition) is 3. The van der Waals surface area contributed by atoms with E-state index in [-0.39, 0.29) is 17.2 Å². The van der Waals surface area contributed by atoms with Crippen LogP contribution in [0.1, 0.15) is 26.3 Å². The molecular formula is C15H22N2O2. The maximum absolute atomic E-state index is 12.0. The third kappa shape index (κ3) is 3.07. The largest absolute Gasteiger partial charge is 0.495 e. The SMILES string of the molecule is COc1ccc(C(C)(C)C)cc1NC(=O)C1CNC1. The second-order valence-corrected chi connectivity index (χ2v) is 6.01. The van der Waals surface area contributed by atoms with Gasteiger partial charge in [-0.05, 0) is 23.1 Å². The first-order chi connectivity index (χ1) is 8.91. The number of methoxy groups -OCH3 is 1. The summed E-state index contributed by atoms with van der Waals surface area (Å²) in [6.45, 7) is 7.96. The zero-order valence-corrected chi connectivity index (χ0v) is 12.0. The lowest BCUT2D eigenvalue weighted by Gasteiger charge is -2.27. The molecule has 2 N–H and O–H groups in total. The molecule has 1 aromatic rings. The van der Waals surface area contributed by atoms with Crippen LogP contribution in [-0.2, 0) is 10.2 Å². The molecule has 0 aliphatic carbocycles. The van der Waals surface area contributed by atoms with Crippen LogP contribution in [0.25, 0.3) is 0 Å². The first-order valence-corrected chi connectivity index (χ1v) is 6.62. The van der Waals surface area contributed by atoms with E-state index in [1.165, 1.54) is 5.56 Å². The molecule has 0 spiro atoms. The molecule has 1 aliphatic heterocycles. The molecule has 104 valence electrons. The summed E-state index contributed by atoms with van der Waals surface area (Å²) in [6.07, 6.45) is 0. The lowest BCUT2D eigenvalue weighted by Crippen LogP contribution is -2.48. The summed E-state index contributed by atoms with van der Waals surface area (Å²) in [5.41, 5.74) is 1.98. The Morgan fingerprint density at radius 1 is 1.37 bits per heavy atom. The van der Waals surface area contributed by atoms with Crippen LogP contribution in [0.3, 0.4) is 0 Å². The Labute approximate surface area is 114 Å². The van der Waals surface area contributed by atoms with Crippen LogP contribution in [0.2, 0.25) is 0 Å². The first-order valence-electron chi connectivity index (χ1n) is 6.62. The molecule has 1 amide bonds. The van der Waals surface area contributed by atoms with Gasteiger partial charge in [-0.3, -0.25) is 4.79 Å². The third-order valence-electron chi connectivity index (χ3n) is 3.48. The summed E-state index contributed by atoms with van der Waals surface area (Å²) in [5.74, 6) is 0.833. The van der Waals surface area contributed by atoms with Crippen molar-refractivity contribution in [3.8, 4) is 5.75 Å². The molecule has 4 nitrogen and oxygen atoms in total. The number of benzene rings is 1. The van der Waals surface area contributed by atoms with E-state index in [1.54, 1.807) is 7.11 Å². The highest BCUT2D eigenvalue weighted by atomic mass is 16.5. The fourth-order valence-electron chi connectivity index (χ4n) is 1.98. The van der Waals surface area contributed by atoms with Gasteiger partial charge in [0.2, 0.25) is 5.91 Å². The number of nitrogens with one attached hydrogen (secondary N) is 2. The Morgan fingerprint density at radius 3 is 2.53 bits per heavy atom. The van der Waals surface area contributed by atoms with E-state index < -0.39 is 0 Å². The minimum atomic E-state index is 0.0454. The Hall–Kier alpha value is -1.55. The number of carbonyl (C=O) groups excluding carboxylic acids is 1. The number of carbonyl (C=O) groups is 1. The Balaban J connectivity index is 2.23. The van der Waals surface area contributed by atoms with Gasteiger partial charge in [0.25, 0.3) is 0 Å². The van der Waals surface area contributed by atoms with Gasteiger partial charge in [-0.15, -0.1) is 0 Å². The normalized spacial score (nSPS) is 15.8. The number of amides is 1. The van der Waals surface area contributed by atoms with Crippen LogP contribution in [-0.4, -0.2) is 26.1 Å². The Morgan fingerprint density at radius 2 is 2.05 bits per heavy atom. The molecule has 2 rings (SSSR count). The zero-order chi connectivity index (χ0) is 14.0. The standard InChI is InChI=1S/C15H22N2O2/c1-15(2,3)11-5-6-13(19-4)12(7-11)17-14(18)10-8-16-9-10/h5-7,10,16H,8-9H2,1-4H3,(H,17,18). The van der Waals surface area contributed by atoms with Crippen molar-refractivity contribution in [3.63, 3.8) is 0 Å². The van der Waals surface area contributed by atoms with Gasteiger partial charge >= 0.3 is 0 Å². The van der Waals surface area contributed by atoms with Crippen LogP contribution >= 0.6 is 0 Å². The maximum atomic E-state index is 12.0. The van der Waals surface area contributed by atoms with E-state index in [0.29, 0.717) is 5.75 Å². The van der Waals surface area contributed by atoms with Crippen LogP contribution in [0, 0.1) is 5.92 Å². The van der Waals surface area contributed by atoms with Crippen molar-refractivity contribution in [2.75, 3.05) is 25.5 Å². The number of hydrogen-bond donors (Lipinski definition) is 2. The smallest absolute Gasteiger partial charge is 0.230 e. The lowest BCUT2D eigenvalue weighted by atomic mass is 9.86. The van der Waals surface area contributed by atoms with Crippen molar-refractivity contribution in [1.82, 2.24) is 5.32 Å². The van der Waals surface area contributed by atoms with Gasteiger partial charge in [-0.2, -0.15) is 0 Å². The summed E-state index contributed by atoms with van der Waals surface area (Å²) >= 11 is 0. The summed E-state index contributed by atoms with van der Waals surface area (Å²) in [4.78, 5) is 12.0. The van der Waals surface area contributed by atoms with Crippen molar-refractivity contribution < 1.29 is 9.53 Å². The maximum Gasteiger partial charge on any atom is 0.230 e. The van der Waals surface area contributed by atoms with E-state index in [4.69, 9.17) is 4.74 Å². The van der Waals surface area contributed by atoms with Crippen LogP contribution in [0.15, 0.2) is 18.2 Å². The van der Waals surface area contributed by atoms with Crippen molar-refractivity contribution >= 4 is 11.6 Å². The second kappa shape index (κ2) is 5.21. The highest BCUT2D eigenvalue weighted by molar-refractivity contribution is 5.94. The number of ether oxygens (including phenoxy) is 1. The monoisotopic (exact) mass is 262 g/mol. The molecule has 19 heavy (non-hydrogen) atoms. The second-order valence-electron chi connectivity index (χ2n) is 6.01. The summed E-state index contributed by atoms with van der Waals surface area (Å²) < 4.78 is 5.31. The molecule has 1 aliphatic rings. The summed E-state index contributed by atoms with van der Waals surface area (Å²) in [5, 5.41) is 6.07. The van der Waals surface area contributed by atoms with Crippen molar-refractivity contribution in [3.05, 3.63) is 23.8 Å². The molecule has 0 radical (unpaired) electrons. The molecule has 1 aromatic carbocycles. The minimum absolute atomic E-state index is 0.0454. The van der Waals surface area contributed by atoms with Gasteiger partial charge in [0.15, 0.2) is 0 Å². The van der Waals surface area contributed by atoms with E-state index >= 15 is 0 Å². The Bertz CT molecular complexity index is 474. The predicted molar refractivity (Wildman–Crippen MR) is 76.7 cm³/mol. The molecule has 0 bridgehead atoms. The van der Waals surface area contributed by atoms with Crippen molar-refractivity contribution in [1.29, 1.82) is 0 Å². The molecule has 4 heteroatoms. The fourth-order valence-corrected chi connectivity index (χ4v) is 1.98. The highest BCUT2D eigenvalue weighted by Gasteiger charge is 2.26. The molecule has 1 saturated heterocycles. The average Bonchev–Trinajstić information content (AvgIpc) is 2.25. The van der Waals surface area contributed by atoms with Gasteiger partial charge < -0.3 is 15.4 Å². The van der Waals surface area contributed by atoms with Gasteiger partial charge in [-0.25, -0.2) is 0 Å². The summed E-state index contributed by atoms with van der Waals surface area (Å²) in [6, 6.07) is 5.96. The van der Waals surface area contributed by atoms with Gasteiger partial charge in [-0.1, -0.05) is 26.8 Å². The van der Waals surface area contributed by atoms with E-state index in [1.807, 2.05) is 18.2 Å². The molecule has 1 heterocycles. The lowest BCUT2D eigenvalue weighted by molar-refractivity contribution is -0.121. The zero-order valence-electron chi connectivity index (χ0n) is 12.0.